The number of para-hydroxylation sites is 1. The molecule has 0 spiro atoms. The molecule has 0 amide bonds. The van der Waals surface area contributed by atoms with Crippen LogP contribution in [0.1, 0.15) is 10.4 Å². The molecular formula is C15H15N4NaO5. The van der Waals surface area contributed by atoms with Gasteiger partial charge in [-0.1, -0.05) is 12.1 Å². The van der Waals surface area contributed by atoms with Gasteiger partial charge in [0.1, 0.15) is 11.3 Å². The summed E-state index contributed by atoms with van der Waals surface area (Å²) in [6.07, 6.45) is 0. The molecule has 0 aliphatic carbocycles. The van der Waals surface area contributed by atoms with E-state index in [1.54, 1.807) is 12.1 Å². The second-order valence-corrected chi connectivity index (χ2v) is 5.24. The Hall–Kier alpha value is -2.36. The Bertz CT molecular complexity index is 1100. The Balaban J connectivity index is 0.00000225. The molecule has 1 N–H and O–H groups in total. The van der Waals surface area contributed by atoms with Gasteiger partial charge < -0.3 is 9.84 Å². The van der Waals surface area contributed by atoms with E-state index in [4.69, 9.17) is 4.74 Å². The molecule has 2 aromatic heterocycles. The van der Waals surface area contributed by atoms with Crippen molar-refractivity contribution in [2.24, 2.45) is 21.1 Å². The van der Waals surface area contributed by atoms with Crippen LogP contribution in [0, 0.1) is 0 Å². The van der Waals surface area contributed by atoms with Crippen molar-refractivity contribution in [3.8, 4) is 11.8 Å². The molecular weight excluding hydrogens is 339 g/mol. The zero-order chi connectivity index (χ0) is 17.6. The van der Waals surface area contributed by atoms with Crippen LogP contribution in [0.5, 0.6) is 11.8 Å². The van der Waals surface area contributed by atoms with Crippen molar-refractivity contribution in [3.05, 3.63) is 50.7 Å². The Morgan fingerprint density at radius 1 is 1.08 bits per heavy atom. The van der Waals surface area contributed by atoms with E-state index in [-0.39, 0.29) is 58.0 Å². The number of benzene rings is 1. The number of phenolic OH excluding ortho intramolecular Hbond substituents is 1. The minimum atomic E-state index is -0.826. The first-order chi connectivity index (χ1) is 11.3. The van der Waals surface area contributed by atoms with Gasteiger partial charge in [0, 0.05) is 21.1 Å². The van der Waals surface area contributed by atoms with E-state index in [1.165, 1.54) is 42.4 Å². The maximum atomic E-state index is 12.3. The van der Waals surface area contributed by atoms with Crippen LogP contribution in [-0.4, -0.2) is 59.3 Å². The molecule has 1 aromatic carbocycles. The zero-order valence-electron chi connectivity index (χ0n) is 13.2. The van der Waals surface area contributed by atoms with Gasteiger partial charge in [-0.3, -0.25) is 18.5 Å². The van der Waals surface area contributed by atoms with Crippen LogP contribution in [-0.2, 0) is 21.1 Å². The van der Waals surface area contributed by atoms with Gasteiger partial charge in [0.15, 0.2) is 11.2 Å². The molecule has 0 radical (unpaired) electrons. The van der Waals surface area contributed by atoms with Gasteiger partial charge in [-0.05, 0) is 12.1 Å². The van der Waals surface area contributed by atoms with Crippen LogP contribution in [0.4, 0.5) is 0 Å². The van der Waals surface area contributed by atoms with Gasteiger partial charge in [-0.15, -0.1) is 0 Å². The minimum absolute atomic E-state index is 0. The van der Waals surface area contributed by atoms with E-state index in [1.807, 2.05) is 0 Å². The Morgan fingerprint density at radius 2 is 1.72 bits per heavy atom. The van der Waals surface area contributed by atoms with Gasteiger partial charge in [-0.25, -0.2) is 9.59 Å². The van der Waals surface area contributed by atoms with Crippen LogP contribution in [0.3, 0.4) is 0 Å². The third-order valence-corrected chi connectivity index (χ3v) is 3.74. The number of hydrogen-bond acceptors (Lipinski definition) is 6. The van der Waals surface area contributed by atoms with E-state index in [2.05, 4.69) is 4.98 Å². The van der Waals surface area contributed by atoms with Crippen LogP contribution in [0.15, 0.2) is 33.9 Å². The molecule has 10 heteroatoms. The fraction of sp³-hybridized carbons (Fsp3) is 0.200. The van der Waals surface area contributed by atoms with Crippen LogP contribution >= 0.6 is 0 Å². The van der Waals surface area contributed by atoms with Gasteiger partial charge in [-0.2, -0.15) is 4.98 Å². The number of ether oxygens (including phenoxy) is 1. The summed E-state index contributed by atoms with van der Waals surface area (Å²) in [5.41, 5.74) is -0.895. The molecule has 0 saturated carbocycles. The number of carbonyl (C=O) groups excluding carboxylic acids is 1. The van der Waals surface area contributed by atoms with Crippen molar-refractivity contribution in [3.63, 3.8) is 0 Å². The molecule has 0 fully saturated rings. The summed E-state index contributed by atoms with van der Waals surface area (Å²) < 4.78 is 8.59. The number of phenols is 1. The molecule has 3 rings (SSSR count). The second kappa shape index (κ2) is 6.87. The van der Waals surface area contributed by atoms with Crippen LogP contribution in [0.2, 0.25) is 0 Å². The summed E-state index contributed by atoms with van der Waals surface area (Å²) in [4.78, 5) is 40.4. The van der Waals surface area contributed by atoms with Crippen molar-refractivity contribution in [2.75, 3.05) is 0 Å². The molecule has 0 aliphatic heterocycles. The molecule has 25 heavy (non-hydrogen) atoms. The zero-order valence-corrected chi connectivity index (χ0v) is 13.2. The summed E-state index contributed by atoms with van der Waals surface area (Å²) in [5, 5.41) is 9.70. The first-order valence-corrected chi connectivity index (χ1v) is 6.95. The summed E-state index contributed by atoms with van der Waals surface area (Å²) in [6, 6.07) is 5.74. The molecule has 3 aromatic rings. The second-order valence-electron chi connectivity index (χ2n) is 5.24. The van der Waals surface area contributed by atoms with Gasteiger partial charge in [0.05, 0.1) is 0 Å². The number of aryl methyl sites for hydroxylation is 2. The SMILES string of the molecule is Cn1c(=O)c2c(nc(OC(=O)c3ccccc3O)n2C)n(C)c1=O.[NaH]. The number of rotatable bonds is 2. The maximum absolute atomic E-state index is 12.3. The predicted octanol–water partition coefficient (Wildman–Crippen LogP) is -0.753. The van der Waals surface area contributed by atoms with Gasteiger partial charge in [0.25, 0.3) is 5.56 Å². The van der Waals surface area contributed by atoms with Crippen LogP contribution in [0.25, 0.3) is 11.2 Å². The number of aromatic hydroxyl groups is 1. The topological polar surface area (TPSA) is 108 Å². The summed E-state index contributed by atoms with van der Waals surface area (Å²) in [6.45, 7) is 0. The number of carbonyl (C=O) groups is 1. The van der Waals surface area contributed by atoms with Gasteiger partial charge >= 0.3 is 47.2 Å². The molecule has 9 nitrogen and oxygen atoms in total. The van der Waals surface area contributed by atoms with Crippen molar-refractivity contribution in [1.82, 2.24) is 18.7 Å². The van der Waals surface area contributed by atoms with Crippen molar-refractivity contribution in [2.45, 2.75) is 0 Å². The first kappa shape index (κ1) is 19.0. The Labute approximate surface area is 163 Å². The number of esters is 1. The fourth-order valence-electron chi connectivity index (χ4n) is 2.37. The molecule has 0 aliphatic rings. The van der Waals surface area contributed by atoms with Crippen molar-refractivity contribution in [1.29, 1.82) is 0 Å². The van der Waals surface area contributed by atoms with Crippen LogP contribution < -0.4 is 16.0 Å². The fourth-order valence-corrected chi connectivity index (χ4v) is 2.37. The van der Waals surface area contributed by atoms with E-state index in [9.17, 15) is 19.5 Å². The standard InChI is InChI=1S/C15H14N4O5.Na.H/c1-17-10-11(18(2)15(23)19(3)12(10)21)16-14(17)24-13(22)8-6-4-5-7-9(8)20;;/h4-7,20H,1-3H3;;. The number of imidazole rings is 1. The molecule has 0 unspecified atom stereocenters. The number of nitrogens with zero attached hydrogens (tertiary/aromatic N) is 4. The molecule has 0 atom stereocenters. The van der Waals surface area contributed by atoms with Gasteiger partial charge in [0.2, 0.25) is 0 Å². The molecule has 126 valence electrons. The van der Waals surface area contributed by atoms with E-state index < -0.39 is 17.2 Å². The Kier molecular flexibility index (Phi) is 5.21. The molecule has 2 heterocycles. The number of fused-ring (bicyclic) bond motifs is 1. The summed E-state index contributed by atoms with van der Waals surface area (Å²) in [7, 11) is 4.31. The van der Waals surface area contributed by atoms with Crippen molar-refractivity contribution >= 4 is 46.7 Å². The predicted molar refractivity (Wildman–Crippen MR) is 91.4 cm³/mol. The van der Waals surface area contributed by atoms with Crippen molar-refractivity contribution < 1.29 is 14.6 Å². The average molecular weight is 354 g/mol. The normalized spacial score (nSPS) is 10.5. The quantitative estimate of drug-likeness (QED) is 0.479. The van der Waals surface area contributed by atoms with E-state index in [0.717, 1.165) is 4.57 Å². The first-order valence-electron chi connectivity index (χ1n) is 6.95. The van der Waals surface area contributed by atoms with E-state index >= 15 is 0 Å². The molecule has 0 bridgehead atoms. The number of hydrogen-bond donors (Lipinski definition) is 1. The summed E-state index contributed by atoms with van der Waals surface area (Å²) >= 11 is 0. The molecule has 0 saturated heterocycles. The third-order valence-electron chi connectivity index (χ3n) is 3.74. The third kappa shape index (κ3) is 3.01. The average Bonchev–Trinajstić information content (AvgIpc) is 2.88. The Morgan fingerprint density at radius 3 is 2.36 bits per heavy atom. The summed E-state index contributed by atoms with van der Waals surface area (Å²) in [5.74, 6) is -1.06. The number of aromatic nitrogens is 4. The van der Waals surface area contributed by atoms with E-state index in [0.29, 0.717) is 0 Å². The monoisotopic (exact) mass is 354 g/mol.